The molecule has 0 aliphatic carbocycles. The Morgan fingerprint density at radius 3 is 2.49 bits per heavy atom. The Bertz CT molecular complexity index is 1340. The van der Waals surface area contributed by atoms with Gasteiger partial charge in [0.25, 0.3) is 5.91 Å². The summed E-state index contributed by atoms with van der Waals surface area (Å²) in [5, 5.41) is 12.2. The number of amides is 3. The van der Waals surface area contributed by atoms with Crippen molar-refractivity contribution in [2.75, 3.05) is 31.6 Å². The van der Waals surface area contributed by atoms with Gasteiger partial charge < -0.3 is 24.5 Å². The number of rotatable bonds is 9. The Hall–Kier alpha value is -3.49. The van der Waals surface area contributed by atoms with Gasteiger partial charge >= 0.3 is 0 Å². The van der Waals surface area contributed by atoms with Crippen LogP contribution >= 0.6 is 0 Å². The van der Waals surface area contributed by atoms with Crippen LogP contribution in [0.25, 0.3) is 10.8 Å². The van der Waals surface area contributed by atoms with Crippen LogP contribution in [0.15, 0.2) is 67.8 Å². The zero-order valence-electron chi connectivity index (χ0n) is 22.9. The van der Waals surface area contributed by atoms with Crippen molar-refractivity contribution in [3.8, 4) is 0 Å². The quantitative estimate of drug-likeness (QED) is 0.502. The molecule has 2 unspecified atom stereocenters. The highest BCUT2D eigenvalue weighted by Crippen LogP contribution is 2.63. The Kier molecular flexibility index (Phi) is 6.89. The molecular formula is C31H37N3O5. The van der Waals surface area contributed by atoms with E-state index < -0.39 is 35.1 Å². The molecule has 3 amide bonds. The van der Waals surface area contributed by atoms with Gasteiger partial charge in [0.2, 0.25) is 11.8 Å². The van der Waals surface area contributed by atoms with E-state index >= 15 is 0 Å². The number of hydrogen-bond donors (Lipinski definition) is 1. The maximum Gasteiger partial charge on any atom is 0.253 e. The van der Waals surface area contributed by atoms with Crippen LogP contribution in [0.5, 0.6) is 0 Å². The number of ether oxygens (including phenoxy) is 1. The van der Waals surface area contributed by atoms with Crippen molar-refractivity contribution < 1.29 is 24.2 Å². The minimum absolute atomic E-state index is 0.195. The fourth-order valence-electron chi connectivity index (χ4n) is 7.05. The van der Waals surface area contributed by atoms with Crippen LogP contribution in [0, 0.1) is 11.8 Å². The third-order valence-electron chi connectivity index (χ3n) is 8.86. The number of carbonyl (C=O) groups excluding carboxylic acids is 3. The molecule has 1 N–H and O–H groups in total. The van der Waals surface area contributed by atoms with E-state index in [0.29, 0.717) is 25.1 Å². The fourth-order valence-corrected chi connectivity index (χ4v) is 7.05. The smallest absolute Gasteiger partial charge is 0.253 e. The number of aliphatic hydroxyl groups is 1. The molecule has 206 valence electrons. The molecule has 6 atom stereocenters. The average molecular weight is 532 g/mol. The highest BCUT2D eigenvalue weighted by atomic mass is 16.5. The van der Waals surface area contributed by atoms with E-state index in [0.717, 1.165) is 10.8 Å². The lowest BCUT2D eigenvalue weighted by Gasteiger charge is -2.38. The molecular weight excluding hydrogens is 494 g/mol. The second-order valence-electron chi connectivity index (χ2n) is 11.3. The van der Waals surface area contributed by atoms with Gasteiger partial charge in [-0.2, -0.15) is 0 Å². The third-order valence-corrected chi connectivity index (χ3v) is 8.86. The molecule has 2 aromatic rings. The topological polar surface area (TPSA) is 90.4 Å². The maximum absolute atomic E-state index is 14.6. The third kappa shape index (κ3) is 4.00. The van der Waals surface area contributed by atoms with Gasteiger partial charge in [-0.05, 0) is 49.6 Å². The van der Waals surface area contributed by atoms with Crippen LogP contribution in [-0.2, 0) is 19.1 Å². The molecule has 0 radical (unpaired) electrons. The zero-order valence-corrected chi connectivity index (χ0v) is 22.9. The minimum Gasteiger partial charge on any atom is -0.394 e. The molecule has 3 saturated heterocycles. The average Bonchev–Trinajstić information content (AvgIpc) is 3.51. The first-order chi connectivity index (χ1) is 18.6. The predicted molar refractivity (Wildman–Crippen MR) is 150 cm³/mol. The number of benzene rings is 2. The van der Waals surface area contributed by atoms with Crippen LogP contribution in [-0.4, -0.2) is 82.7 Å². The number of anilines is 1. The van der Waals surface area contributed by atoms with Crippen molar-refractivity contribution in [2.45, 2.75) is 50.0 Å². The van der Waals surface area contributed by atoms with E-state index in [2.05, 4.69) is 13.2 Å². The van der Waals surface area contributed by atoms with Gasteiger partial charge in [0.05, 0.1) is 30.1 Å². The molecule has 5 rings (SSSR count). The SMILES string of the molecule is C=CCN(C)C(=O)[C@@H]1[C@H]2C(=O)N([C@H](C)CO)C(C(=O)N(CC=C)c3ccc4ccccc4c3)C23CC[C@@]1(C)O3. The summed E-state index contributed by atoms with van der Waals surface area (Å²) in [5.74, 6) is -2.37. The molecule has 3 heterocycles. The molecule has 2 aromatic carbocycles. The maximum atomic E-state index is 14.6. The van der Waals surface area contributed by atoms with Crippen LogP contribution in [0.2, 0.25) is 0 Å². The first-order valence-corrected chi connectivity index (χ1v) is 13.5. The first kappa shape index (κ1) is 27.1. The minimum atomic E-state index is -1.17. The summed E-state index contributed by atoms with van der Waals surface area (Å²) in [4.78, 5) is 47.1. The van der Waals surface area contributed by atoms with Gasteiger partial charge in [0.1, 0.15) is 11.6 Å². The van der Waals surface area contributed by atoms with Crippen molar-refractivity contribution in [2.24, 2.45) is 11.8 Å². The Balaban J connectivity index is 1.61. The van der Waals surface area contributed by atoms with Crippen LogP contribution in [0.3, 0.4) is 0 Å². The van der Waals surface area contributed by atoms with Gasteiger partial charge in [0, 0.05) is 25.8 Å². The van der Waals surface area contributed by atoms with Crippen LogP contribution < -0.4 is 4.90 Å². The van der Waals surface area contributed by atoms with Crippen molar-refractivity contribution in [1.82, 2.24) is 9.80 Å². The second kappa shape index (κ2) is 9.92. The van der Waals surface area contributed by atoms with Gasteiger partial charge in [-0.15, -0.1) is 13.2 Å². The number of likely N-dealkylation sites (tertiary alicyclic amines) is 1. The van der Waals surface area contributed by atoms with Gasteiger partial charge in [0.15, 0.2) is 0 Å². The summed E-state index contributed by atoms with van der Waals surface area (Å²) in [6, 6.07) is 12.1. The second-order valence-corrected chi connectivity index (χ2v) is 11.3. The lowest BCUT2D eigenvalue weighted by atomic mass is 9.66. The monoisotopic (exact) mass is 531 g/mol. The lowest BCUT2D eigenvalue weighted by Crippen LogP contribution is -2.58. The number of likely N-dealkylation sites (N-methyl/N-ethyl adjacent to an activating group) is 1. The van der Waals surface area contributed by atoms with Crippen molar-refractivity contribution in [1.29, 1.82) is 0 Å². The molecule has 3 aliphatic heterocycles. The first-order valence-electron chi connectivity index (χ1n) is 13.5. The molecule has 2 bridgehead atoms. The predicted octanol–water partition coefficient (Wildman–Crippen LogP) is 3.15. The number of aliphatic hydroxyl groups excluding tert-OH is 1. The lowest BCUT2D eigenvalue weighted by molar-refractivity contribution is -0.151. The highest BCUT2D eigenvalue weighted by molar-refractivity contribution is 6.06. The highest BCUT2D eigenvalue weighted by Gasteiger charge is 2.78. The summed E-state index contributed by atoms with van der Waals surface area (Å²) in [6.07, 6.45) is 4.32. The van der Waals surface area contributed by atoms with E-state index in [1.807, 2.05) is 49.4 Å². The van der Waals surface area contributed by atoms with Gasteiger partial charge in [-0.3, -0.25) is 14.4 Å². The number of carbonyl (C=O) groups is 3. The van der Waals surface area contributed by atoms with E-state index in [1.165, 1.54) is 4.90 Å². The Morgan fingerprint density at radius 2 is 1.82 bits per heavy atom. The fraction of sp³-hybridized carbons (Fsp3) is 0.452. The normalized spacial score (nSPS) is 29.8. The number of hydrogen-bond acceptors (Lipinski definition) is 5. The number of nitrogens with zero attached hydrogens (tertiary/aromatic N) is 3. The van der Waals surface area contributed by atoms with Gasteiger partial charge in [-0.1, -0.05) is 42.5 Å². The van der Waals surface area contributed by atoms with Crippen molar-refractivity contribution in [3.63, 3.8) is 0 Å². The molecule has 39 heavy (non-hydrogen) atoms. The molecule has 1 spiro atoms. The van der Waals surface area contributed by atoms with Crippen molar-refractivity contribution >= 4 is 34.2 Å². The van der Waals surface area contributed by atoms with E-state index in [4.69, 9.17) is 4.74 Å². The van der Waals surface area contributed by atoms with Gasteiger partial charge in [-0.25, -0.2) is 0 Å². The zero-order chi connectivity index (χ0) is 28.1. The molecule has 3 fully saturated rings. The van der Waals surface area contributed by atoms with E-state index in [-0.39, 0.29) is 30.9 Å². The molecule has 8 nitrogen and oxygen atoms in total. The summed E-state index contributed by atoms with van der Waals surface area (Å²) in [7, 11) is 1.69. The molecule has 0 saturated carbocycles. The van der Waals surface area contributed by atoms with E-state index in [1.54, 1.807) is 35.9 Å². The Morgan fingerprint density at radius 1 is 1.13 bits per heavy atom. The van der Waals surface area contributed by atoms with Crippen LogP contribution in [0.4, 0.5) is 5.69 Å². The molecule has 3 aliphatic rings. The summed E-state index contributed by atoms with van der Waals surface area (Å²) in [6.45, 7) is 11.5. The molecule has 0 aromatic heterocycles. The number of fused-ring (bicyclic) bond motifs is 2. The van der Waals surface area contributed by atoms with Crippen molar-refractivity contribution in [3.05, 3.63) is 67.8 Å². The summed E-state index contributed by atoms with van der Waals surface area (Å²) >= 11 is 0. The van der Waals surface area contributed by atoms with Crippen LogP contribution in [0.1, 0.15) is 26.7 Å². The summed E-state index contributed by atoms with van der Waals surface area (Å²) in [5.41, 5.74) is -1.36. The largest absolute Gasteiger partial charge is 0.394 e. The standard InChI is InChI=1S/C31H37N3O5/c1-6-16-32(5)27(36)24-25-28(37)34(20(3)19-35)26(31(25)15-14-30(24,4)39-31)29(38)33(17-7-2)23-13-12-21-10-8-9-11-22(21)18-23/h6-13,18,20,24-26,35H,1-2,14-17,19H2,3-5H3/t20-,24+,25+,26?,30-,31?/m1/s1. The van der Waals surface area contributed by atoms with E-state index in [9.17, 15) is 19.5 Å². The molecule has 8 heteroatoms. The Labute approximate surface area is 229 Å². The summed E-state index contributed by atoms with van der Waals surface area (Å²) < 4.78 is 6.71.